The van der Waals surface area contributed by atoms with E-state index in [0.717, 1.165) is 5.69 Å². The standard InChI is InChI=1S/C17H14F3N5O/c1-8-15(22-7-17(18,19)20)25-14-9(3-2-4-11(14)23-8)12-5-10-13(24-12)6-21-16(10)26/h2-5,24H,6-7H2,1H3,(H,21,26)(H,22,25). The molecule has 0 radical (unpaired) electrons. The molecule has 26 heavy (non-hydrogen) atoms. The number of nitrogens with one attached hydrogen (secondary N) is 3. The van der Waals surface area contributed by atoms with Gasteiger partial charge in [-0.05, 0) is 19.1 Å². The first kappa shape index (κ1) is 16.4. The van der Waals surface area contributed by atoms with Crippen LogP contribution in [0.4, 0.5) is 19.0 Å². The van der Waals surface area contributed by atoms with Crippen LogP contribution < -0.4 is 10.6 Å². The van der Waals surface area contributed by atoms with Gasteiger partial charge < -0.3 is 15.6 Å². The predicted octanol–water partition coefficient (Wildman–Crippen LogP) is 3.15. The van der Waals surface area contributed by atoms with Gasteiger partial charge in [0, 0.05) is 17.0 Å². The van der Waals surface area contributed by atoms with Gasteiger partial charge in [-0.15, -0.1) is 0 Å². The number of benzene rings is 1. The Morgan fingerprint density at radius 1 is 1.23 bits per heavy atom. The molecule has 6 nitrogen and oxygen atoms in total. The second-order valence-corrected chi connectivity index (χ2v) is 6.06. The Bertz CT molecular complexity index is 1030. The van der Waals surface area contributed by atoms with Gasteiger partial charge >= 0.3 is 6.18 Å². The van der Waals surface area contributed by atoms with Crippen LogP contribution in [0.1, 0.15) is 21.7 Å². The van der Waals surface area contributed by atoms with Gasteiger partial charge in [0.15, 0.2) is 0 Å². The van der Waals surface area contributed by atoms with E-state index < -0.39 is 12.7 Å². The summed E-state index contributed by atoms with van der Waals surface area (Å²) in [5.74, 6) is -0.0729. The minimum Gasteiger partial charge on any atom is -0.360 e. The number of hydrogen-bond acceptors (Lipinski definition) is 4. The molecule has 1 aromatic carbocycles. The van der Waals surface area contributed by atoms with E-state index in [4.69, 9.17) is 0 Å². The van der Waals surface area contributed by atoms with E-state index in [2.05, 4.69) is 25.6 Å². The fourth-order valence-electron chi connectivity index (χ4n) is 2.98. The van der Waals surface area contributed by atoms with Crippen molar-refractivity contribution in [2.75, 3.05) is 11.9 Å². The molecule has 0 saturated carbocycles. The summed E-state index contributed by atoms with van der Waals surface area (Å²) in [5, 5.41) is 5.01. The third-order valence-corrected chi connectivity index (χ3v) is 4.19. The molecule has 1 aliphatic rings. The van der Waals surface area contributed by atoms with Gasteiger partial charge in [-0.3, -0.25) is 4.79 Å². The summed E-state index contributed by atoms with van der Waals surface area (Å²) in [6, 6.07) is 7.05. The van der Waals surface area contributed by atoms with Crippen LogP contribution in [0.15, 0.2) is 24.3 Å². The Morgan fingerprint density at radius 3 is 2.77 bits per heavy atom. The van der Waals surface area contributed by atoms with E-state index in [-0.39, 0.29) is 11.7 Å². The van der Waals surface area contributed by atoms with Crippen LogP contribution >= 0.6 is 0 Å². The molecule has 3 N–H and O–H groups in total. The number of fused-ring (bicyclic) bond motifs is 2. The molecule has 0 aliphatic carbocycles. The van der Waals surface area contributed by atoms with Crippen LogP contribution in [0, 0.1) is 6.92 Å². The van der Waals surface area contributed by atoms with E-state index in [1.807, 2.05) is 0 Å². The van der Waals surface area contributed by atoms with Gasteiger partial charge in [0.1, 0.15) is 17.9 Å². The highest BCUT2D eigenvalue weighted by molar-refractivity contribution is 6.00. The molecule has 1 aliphatic heterocycles. The van der Waals surface area contributed by atoms with E-state index in [0.29, 0.717) is 40.1 Å². The van der Waals surface area contributed by atoms with Gasteiger partial charge in [0.05, 0.1) is 23.3 Å². The van der Waals surface area contributed by atoms with Crippen LogP contribution in [0.25, 0.3) is 22.3 Å². The lowest BCUT2D eigenvalue weighted by atomic mass is 10.1. The number of H-pyrrole nitrogens is 1. The molecule has 2 aromatic heterocycles. The van der Waals surface area contributed by atoms with Crippen LogP contribution in [0.2, 0.25) is 0 Å². The number of nitrogens with zero attached hydrogens (tertiary/aromatic N) is 2. The highest BCUT2D eigenvalue weighted by Gasteiger charge is 2.27. The summed E-state index contributed by atoms with van der Waals surface area (Å²) < 4.78 is 37.5. The SMILES string of the molecule is Cc1nc2cccc(-c3cc4c([nH]3)CNC4=O)c2nc1NCC(F)(F)F. The minimum absolute atomic E-state index is 0.0825. The maximum absolute atomic E-state index is 12.5. The summed E-state index contributed by atoms with van der Waals surface area (Å²) in [7, 11) is 0. The normalized spacial score (nSPS) is 13.8. The molecular weight excluding hydrogens is 347 g/mol. The van der Waals surface area contributed by atoms with Crippen molar-refractivity contribution in [1.29, 1.82) is 0 Å². The van der Waals surface area contributed by atoms with Crippen LogP contribution in [0.3, 0.4) is 0 Å². The van der Waals surface area contributed by atoms with Gasteiger partial charge in [-0.25, -0.2) is 9.97 Å². The zero-order valence-electron chi connectivity index (χ0n) is 13.7. The van der Waals surface area contributed by atoms with Crippen molar-refractivity contribution in [2.45, 2.75) is 19.6 Å². The van der Waals surface area contributed by atoms with Crippen molar-refractivity contribution >= 4 is 22.8 Å². The summed E-state index contributed by atoms with van der Waals surface area (Å²) in [6.45, 7) is 0.834. The molecule has 3 heterocycles. The number of aromatic nitrogens is 3. The first-order valence-corrected chi connectivity index (χ1v) is 7.90. The maximum atomic E-state index is 12.5. The van der Waals surface area contributed by atoms with Crippen LogP contribution in [0.5, 0.6) is 0 Å². The number of para-hydroxylation sites is 1. The zero-order chi connectivity index (χ0) is 18.5. The van der Waals surface area contributed by atoms with E-state index >= 15 is 0 Å². The lowest BCUT2D eigenvalue weighted by Crippen LogP contribution is -2.22. The van der Waals surface area contributed by atoms with Crippen molar-refractivity contribution in [3.8, 4) is 11.3 Å². The van der Waals surface area contributed by atoms with Gasteiger partial charge in [0.25, 0.3) is 5.91 Å². The van der Waals surface area contributed by atoms with Gasteiger partial charge in [-0.1, -0.05) is 12.1 Å². The zero-order valence-corrected chi connectivity index (χ0v) is 13.7. The molecule has 1 amide bonds. The average Bonchev–Trinajstić information content (AvgIpc) is 3.14. The lowest BCUT2D eigenvalue weighted by Gasteiger charge is -2.12. The third kappa shape index (κ3) is 2.85. The fourth-order valence-corrected chi connectivity index (χ4v) is 2.98. The molecule has 4 rings (SSSR count). The number of aryl methyl sites for hydroxylation is 1. The van der Waals surface area contributed by atoms with Crippen molar-refractivity contribution in [3.05, 3.63) is 41.2 Å². The molecule has 0 unspecified atom stereocenters. The summed E-state index contributed by atoms with van der Waals surface area (Å²) in [5.41, 5.74) is 4.10. The smallest absolute Gasteiger partial charge is 0.360 e. The highest BCUT2D eigenvalue weighted by atomic mass is 19.4. The topological polar surface area (TPSA) is 82.7 Å². The molecule has 3 aromatic rings. The number of carbonyl (C=O) groups excluding carboxylic acids is 1. The number of alkyl halides is 3. The van der Waals surface area contributed by atoms with Crippen LogP contribution in [-0.2, 0) is 6.54 Å². The molecule has 9 heteroatoms. The number of carbonyl (C=O) groups is 1. The van der Waals surface area contributed by atoms with Gasteiger partial charge in [-0.2, -0.15) is 13.2 Å². The van der Waals surface area contributed by atoms with Crippen molar-refractivity contribution < 1.29 is 18.0 Å². The van der Waals surface area contributed by atoms with E-state index in [1.54, 1.807) is 31.2 Å². The highest BCUT2D eigenvalue weighted by Crippen LogP contribution is 2.30. The summed E-state index contributed by atoms with van der Waals surface area (Å²) in [6.07, 6.45) is -4.35. The second-order valence-electron chi connectivity index (χ2n) is 6.06. The Hall–Kier alpha value is -3.10. The van der Waals surface area contributed by atoms with E-state index in [1.165, 1.54) is 0 Å². The van der Waals surface area contributed by atoms with Crippen molar-refractivity contribution in [1.82, 2.24) is 20.3 Å². The summed E-state index contributed by atoms with van der Waals surface area (Å²) >= 11 is 0. The first-order chi connectivity index (χ1) is 12.3. The van der Waals surface area contributed by atoms with Gasteiger partial charge in [0.2, 0.25) is 0 Å². The average molecular weight is 361 g/mol. The number of halogens is 3. The fraction of sp³-hybridized carbons (Fsp3) is 0.235. The Kier molecular flexibility index (Phi) is 3.60. The van der Waals surface area contributed by atoms with Crippen molar-refractivity contribution in [3.63, 3.8) is 0 Å². The largest absolute Gasteiger partial charge is 0.405 e. The number of anilines is 1. The molecule has 0 saturated heterocycles. The summed E-state index contributed by atoms with van der Waals surface area (Å²) in [4.78, 5) is 23.7. The molecule has 0 atom stereocenters. The first-order valence-electron chi connectivity index (χ1n) is 7.90. The Morgan fingerprint density at radius 2 is 2.04 bits per heavy atom. The number of aromatic amines is 1. The number of amides is 1. The lowest BCUT2D eigenvalue weighted by molar-refractivity contribution is -0.115. The molecular formula is C17H14F3N5O. The number of rotatable bonds is 3. The monoisotopic (exact) mass is 361 g/mol. The molecule has 0 bridgehead atoms. The molecule has 0 spiro atoms. The number of hydrogen-bond donors (Lipinski definition) is 3. The van der Waals surface area contributed by atoms with Crippen molar-refractivity contribution in [2.24, 2.45) is 0 Å². The van der Waals surface area contributed by atoms with E-state index in [9.17, 15) is 18.0 Å². The second kappa shape index (κ2) is 5.72. The minimum atomic E-state index is -4.35. The Labute approximate surface area is 145 Å². The third-order valence-electron chi connectivity index (χ3n) is 4.19. The molecule has 0 fully saturated rings. The maximum Gasteiger partial charge on any atom is 0.405 e. The quantitative estimate of drug-likeness (QED) is 0.669. The van der Waals surface area contributed by atoms with Crippen LogP contribution in [-0.4, -0.2) is 33.6 Å². The predicted molar refractivity (Wildman–Crippen MR) is 89.8 cm³/mol. The Balaban J connectivity index is 1.80. The molecule has 134 valence electrons.